The van der Waals surface area contributed by atoms with Crippen molar-refractivity contribution in [3.05, 3.63) is 48.0 Å². The lowest BCUT2D eigenvalue weighted by atomic mass is 9.98. The Morgan fingerprint density at radius 1 is 0.658 bits per heavy atom. The molecule has 214 valence electrons. The summed E-state index contributed by atoms with van der Waals surface area (Å²) in [7, 11) is 0. The van der Waals surface area contributed by atoms with E-state index in [1.807, 2.05) is 24.3 Å². The number of ether oxygens (including phenoxy) is 2. The molecule has 4 N–H and O–H groups in total. The monoisotopic (exact) mass is 530 g/mol. The first-order chi connectivity index (χ1) is 18.6. The summed E-state index contributed by atoms with van der Waals surface area (Å²) >= 11 is 0. The van der Waals surface area contributed by atoms with E-state index in [0.717, 1.165) is 66.7 Å². The number of aliphatic hydroxyl groups excluding tert-OH is 4. The molecular weight excluding hydrogens is 480 g/mol. The highest BCUT2D eigenvalue weighted by Gasteiger charge is 2.10. The minimum Gasteiger partial charge on any atom is -0.494 e. The Balaban J connectivity index is 1.89. The largest absolute Gasteiger partial charge is 0.494 e. The normalized spacial score (nSPS) is 12.9. The van der Waals surface area contributed by atoms with E-state index in [9.17, 15) is 10.2 Å². The summed E-state index contributed by atoms with van der Waals surface area (Å²) < 4.78 is 11.8. The summed E-state index contributed by atoms with van der Waals surface area (Å²) in [6, 6.07) is 14.4. The molecule has 0 aliphatic rings. The van der Waals surface area contributed by atoms with Crippen LogP contribution >= 0.6 is 0 Å². The van der Waals surface area contributed by atoms with Crippen LogP contribution in [0, 0.1) is 0 Å². The fourth-order valence-electron chi connectivity index (χ4n) is 4.47. The van der Waals surface area contributed by atoms with Gasteiger partial charge in [0.1, 0.15) is 24.2 Å². The number of rotatable bonds is 22. The highest BCUT2D eigenvalue weighted by atomic mass is 16.5. The highest BCUT2D eigenvalue weighted by molar-refractivity contribution is 5.66. The molecule has 0 amide bonds. The lowest BCUT2D eigenvalue weighted by Gasteiger charge is -2.15. The molecule has 2 rings (SSSR count). The molecule has 2 atom stereocenters. The van der Waals surface area contributed by atoms with Gasteiger partial charge in [0, 0.05) is 0 Å². The number of hydrogen-bond donors (Lipinski definition) is 4. The Hall–Kier alpha value is -2.12. The molecule has 0 bridgehead atoms. The molecule has 0 heterocycles. The van der Waals surface area contributed by atoms with Crippen molar-refractivity contribution in [2.24, 2.45) is 0 Å². The van der Waals surface area contributed by atoms with Crippen LogP contribution in [0.5, 0.6) is 11.5 Å². The first kappa shape index (κ1) is 32.1. The quantitative estimate of drug-likeness (QED) is 0.138. The lowest BCUT2D eigenvalue weighted by molar-refractivity contribution is 0.0533. The molecule has 2 aromatic carbocycles. The van der Waals surface area contributed by atoms with Gasteiger partial charge in [-0.2, -0.15) is 0 Å². The van der Waals surface area contributed by atoms with Crippen molar-refractivity contribution in [2.75, 3.05) is 26.4 Å². The van der Waals surface area contributed by atoms with Crippen LogP contribution in [0.15, 0.2) is 42.5 Å². The molecule has 6 nitrogen and oxygen atoms in total. The summed E-state index contributed by atoms with van der Waals surface area (Å²) in [6.07, 6.45) is 12.8. The van der Waals surface area contributed by atoms with Gasteiger partial charge in [-0.25, -0.2) is 0 Å². The van der Waals surface area contributed by atoms with E-state index in [0.29, 0.717) is 13.0 Å². The lowest BCUT2D eigenvalue weighted by Crippen LogP contribution is -2.21. The minimum atomic E-state index is -0.882. The van der Waals surface area contributed by atoms with Crippen molar-refractivity contribution in [1.82, 2.24) is 0 Å². The number of aliphatic hydroxyl groups is 4. The zero-order valence-electron chi connectivity index (χ0n) is 23.3. The average molecular weight is 531 g/mol. The number of aryl methyl sites for hydroxylation is 1. The second kappa shape index (κ2) is 19.9. The summed E-state index contributed by atoms with van der Waals surface area (Å²) in [6.45, 7) is 2.51. The predicted octanol–water partition coefficient (Wildman–Crippen LogP) is 6.06. The van der Waals surface area contributed by atoms with Crippen LogP contribution in [0.25, 0.3) is 11.1 Å². The summed E-state index contributed by atoms with van der Waals surface area (Å²) in [5.74, 6) is 1.63. The Morgan fingerprint density at radius 2 is 1.29 bits per heavy atom. The van der Waals surface area contributed by atoms with Crippen LogP contribution in [-0.2, 0) is 6.42 Å². The van der Waals surface area contributed by atoms with E-state index in [2.05, 4.69) is 25.1 Å². The Morgan fingerprint density at radius 3 is 2.00 bits per heavy atom. The number of unbranched alkanes of at least 4 members (excludes halogenated alkanes) is 9. The Kier molecular flexibility index (Phi) is 16.8. The second-order valence-corrected chi connectivity index (χ2v) is 10.3. The van der Waals surface area contributed by atoms with Crippen molar-refractivity contribution >= 4 is 0 Å². The van der Waals surface area contributed by atoms with Gasteiger partial charge in [0.05, 0.1) is 25.9 Å². The molecular formula is C32H50O6. The van der Waals surface area contributed by atoms with Crippen molar-refractivity contribution in [3.8, 4) is 22.6 Å². The topological polar surface area (TPSA) is 99.4 Å². The van der Waals surface area contributed by atoms with E-state index in [1.54, 1.807) is 0 Å². The van der Waals surface area contributed by atoms with Crippen LogP contribution in [0.1, 0.15) is 89.5 Å². The zero-order valence-corrected chi connectivity index (χ0v) is 23.3. The highest BCUT2D eigenvalue weighted by Crippen LogP contribution is 2.30. The van der Waals surface area contributed by atoms with Crippen molar-refractivity contribution in [3.63, 3.8) is 0 Å². The SMILES string of the molecule is CCCCCCCCCc1cc(-c2ccc(OCCCCCCC(O)CO)cc2)ccc1OCC(O)CO. The van der Waals surface area contributed by atoms with Gasteiger partial charge >= 0.3 is 0 Å². The van der Waals surface area contributed by atoms with Crippen molar-refractivity contribution in [2.45, 2.75) is 103 Å². The van der Waals surface area contributed by atoms with Gasteiger partial charge in [0.25, 0.3) is 0 Å². The molecule has 2 unspecified atom stereocenters. The van der Waals surface area contributed by atoms with Crippen LogP contribution in [0.3, 0.4) is 0 Å². The van der Waals surface area contributed by atoms with E-state index in [-0.39, 0.29) is 19.8 Å². The van der Waals surface area contributed by atoms with Crippen molar-refractivity contribution < 1.29 is 29.9 Å². The number of benzene rings is 2. The van der Waals surface area contributed by atoms with E-state index < -0.39 is 12.2 Å². The molecule has 2 aromatic rings. The van der Waals surface area contributed by atoms with Gasteiger partial charge in [0.15, 0.2) is 0 Å². The van der Waals surface area contributed by atoms with Crippen LogP contribution in [0.2, 0.25) is 0 Å². The first-order valence-electron chi connectivity index (χ1n) is 14.6. The summed E-state index contributed by atoms with van der Waals surface area (Å²) in [4.78, 5) is 0. The van der Waals surface area contributed by atoms with E-state index >= 15 is 0 Å². The predicted molar refractivity (Wildman–Crippen MR) is 154 cm³/mol. The molecule has 0 saturated heterocycles. The second-order valence-electron chi connectivity index (χ2n) is 10.3. The van der Waals surface area contributed by atoms with Gasteiger partial charge < -0.3 is 29.9 Å². The van der Waals surface area contributed by atoms with Gasteiger partial charge in [-0.15, -0.1) is 0 Å². The van der Waals surface area contributed by atoms with E-state index in [4.69, 9.17) is 19.7 Å². The molecule has 0 aliphatic heterocycles. The Labute approximate surface area is 229 Å². The third-order valence-electron chi connectivity index (χ3n) is 6.85. The maximum absolute atomic E-state index is 9.73. The third-order valence-corrected chi connectivity index (χ3v) is 6.85. The molecule has 38 heavy (non-hydrogen) atoms. The summed E-state index contributed by atoms with van der Waals surface area (Å²) in [5.41, 5.74) is 3.37. The Bertz CT molecular complexity index is 854. The third kappa shape index (κ3) is 13.1. The first-order valence-corrected chi connectivity index (χ1v) is 14.6. The molecule has 0 spiro atoms. The van der Waals surface area contributed by atoms with Gasteiger partial charge in [0.2, 0.25) is 0 Å². The standard InChI is InChI=1S/C32H50O6/c1-2-3-4-5-6-7-10-13-28-22-27(17-20-32(28)38-25-30(36)24-34)26-15-18-31(19-16-26)37-21-12-9-8-11-14-29(35)23-33/h15-20,22,29-30,33-36H,2-14,21,23-25H2,1H3. The maximum atomic E-state index is 9.73. The number of hydrogen-bond acceptors (Lipinski definition) is 6. The van der Waals surface area contributed by atoms with E-state index in [1.165, 1.54) is 38.5 Å². The molecule has 0 radical (unpaired) electrons. The minimum absolute atomic E-state index is 0.0799. The summed E-state index contributed by atoms with van der Waals surface area (Å²) in [5, 5.41) is 37.1. The van der Waals surface area contributed by atoms with Crippen LogP contribution in [-0.4, -0.2) is 59.1 Å². The average Bonchev–Trinajstić information content (AvgIpc) is 2.95. The molecule has 0 aromatic heterocycles. The van der Waals surface area contributed by atoms with Crippen molar-refractivity contribution in [1.29, 1.82) is 0 Å². The molecule has 6 heteroatoms. The van der Waals surface area contributed by atoms with Gasteiger partial charge in [-0.3, -0.25) is 0 Å². The molecule has 0 fully saturated rings. The van der Waals surface area contributed by atoms with Crippen LogP contribution < -0.4 is 9.47 Å². The molecule has 0 aliphatic carbocycles. The smallest absolute Gasteiger partial charge is 0.122 e. The fraction of sp³-hybridized carbons (Fsp3) is 0.625. The van der Waals surface area contributed by atoms with Crippen LogP contribution in [0.4, 0.5) is 0 Å². The molecule has 0 saturated carbocycles. The maximum Gasteiger partial charge on any atom is 0.122 e. The fourth-order valence-corrected chi connectivity index (χ4v) is 4.47. The van der Waals surface area contributed by atoms with Gasteiger partial charge in [-0.1, -0.05) is 82.9 Å². The van der Waals surface area contributed by atoms with Gasteiger partial charge in [-0.05, 0) is 66.6 Å². The zero-order chi connectivity index (χ0) is 27.4.